The molecule has 88 valence electrons. The molecule has 0 aromatic rings. The third-order valence-electron chi connectivity index (χ3n) is 2.46. The summed E-state index contributed by atoms with van der Waals surface area (Å²) in [5, 5.41) is 6.13. The molecule has 5 heteroatoms. The van der Waals surface area contributed by atoms with Crippen molar-refractivity contribution in [3.8, 4) is 0 Å². The molecule has 0 aromatic carbocycles. The van der Waals surface area contributed by atoms with Crippen LogP contribution in [0.1, 0.15) is 6.42 Å². The molecular formula is C10H21N3O2. The molecule has 2 N–H and O–H groups in total. The normalized spacial score (nSPS) is 17.7. The van der Waals surface area contributed by atoms with Crippen molar-refractivity contribution in [1.29, 1.82) is 0 Å². The number of hydrogen-bond acceptors (Lipinski definition) is 4. The van der Waals surface area contributed by atoms with Gasteiger partial charge in [0, 0.05) is 39.8 Å². The van der Waals surface area contributed by atoms with Crippen LogP contribution in [0.5, 0.6) is 0 Å². The maximum Gasteiger partial charge on any atom is 0.245 e. The van der Waals surface area contributed by atoms with E-state index < -0.39 is 0 Å². The Morgan fingerprint density at radius 3 is 2.87 bits per heavy atom. The molecule has 1 heterocycles. The van der Waals surface area contributed by atoms with Crippen LogP contribution in [0.3, 0.4) is 0 Å². The molecule has 0 aliphatic carbocycles. The van der Waals surface area contributed by atoms with E-state index in [4.69, 9.17) is 4.74 Å². The Morgan fingerprint density at radius 2 is 2.20 bits per heavy atom. The van der Waals surface area contributed by atoms with Crippen LogP contribution in [0.15, 0.2) is 0 Å². The number of methoxy groups -OCH3 is 1. The van der Waals surface area contributed by atoms with Crippen LogP contribution >= 0.6 is 0 Å². The van der Waals surface area contributed by atoms with Crippen molar-refractivity contribution in [3.05, 3.63) is 0 Å². The molecule has 0 atom stereocenters. The van der Waals surface area contributed by atoms with E-state index in [9.17, 15) is 4.79 Å². The maximum absolute atomic E-state index is 11.0. The van der Waals surface area contributed by atoms with Crippen molar-refractivity contribution in [2.45, 2.75) is 6.42 Å². The number of carbonyl (C=O) groups is 1. The Morgan fingerprint density at radius 1 is 1.47 bits per heavy atom. The number of ether oxygens (including phenoxy) is 1. The zero-order valence-electron chi connectivity index (χ0n) is 9.42. The summed E-state index contributed by atoms with van der Waals surface area (Å²) in [5.74, 6) is -0.0298. The number of piperazine rings is 1. The van der Waals surface area contributed by atoms with Gasteiger partial charge >= 0.3 is 0 Å². The summed E-state index contributed by atoms with van der Waals surface area (Å²) in [6.07, 6.45) is 1.01. The minimum atomic E-state index is -0.0298. The molecule has 0 bridgehead atoms. The van der Waals surface area contributed by atoms with Gasteiger partial charge < -0.3 is 20.3 Å². The Kier molecular flexibility index (Phi) is 6.31. The average molecular weight is 215 g/mol. The van der Waals surface area contributed by atoms with Gasteiger partial charge in [-0.25, -0.2) is 0 Å². The molecular weight excluding hydrogens is 194 g/mol. The van der Waals surface area contributed by atoms with Crippen LogP contribution in [0, 0.1) is 0 Å². The maximum atomic E-state index is 11.0. The molecule has 0 radical (unpaired) electrons. The van der Waals surface area contributed by atoms with Crippen LogP contribution in [-0.4, -0.2) is 63.8 Å². The second kappa shape index (κ2) is 7.62. The summed E-state index contributed by atoms with van der Waals surface area (Å²) in [7, 11) is 1.53. The quantitative estimate of drug-likeness (QED) is 0.561. The molecule has 5 nitrogen and oxygen atoms in total. The molecule has 1 aliphatic heterocycles. The lowest BCUT2D eigenvalue weighted by atomic mass is 10.3. The highest BCUT2D eigenvalue weighted by Crippen LogP contribution is 1.93. The van der Waals surface area contributed by atoms with Crippen molar-refractivity contribution in [2.24, 2.45) is 0 Å². The minimum absolute atomic E-state index is 0.0298. The summed E-state index contributed by atoms with van der Waals surface area (Å²) >= 11 is 0. The first-order valence-electron chi connectivity index (χ1n) is 5.51. The smallest absolute Gasteiger partial charge is 0.245 e. The van der Waals surface area contributed by atoms with Crippen molar-refractivity contribution in [1.82, 2.24) is 15.5 Å². The SMILES string of the molecule is COCC(=O)NCCCN1CCNCC1. The number of nitrogens with zero attached hydrogens (tertiary/aromatic N) is 1. The lowest BCUT2D eigenvalue weighted by molar-refractivity contribution is -0.124. The Labute approximate surface area is 91.2 Å². The fraction of sp³-hybridized carbons (Fsp3) is 0.900. The lowest BCUT2D eigenvalue weighted by Gasteiger charge is -2.27. The predicted octanol–water partition coefficient (Wildman–Crippen LogP) is -0.956. The average Bonchev–Trinajstić information content (AvgIpc) is 2.26. The molecule has 0 saturated carbocycles. The molecule has 1 fully saturated rings. The third-order valence-corrected chi connectivity index (χ3v) is 2.46. The zero-order valence-corrected chi connectivity index (χ0v) is 9.42. The Balaban J connectivity index is 1.93. The molecule has 15 heavy (non-hydrogen) atoms. The molecule has 1 amide bonds. The van der Waals surface area contributed by atoms with E-state index in [1.807, 2.05) is 0 Å². The fourth-order valence-corrected chi connectivity index (χ4v) is 1.65. The largest absolute Gasteiger partial charge is 0.375 e. The summed E-state index contributed by atoms with van der Waals surface area (Å²) in [4.78, 5) is 13.5. The van der Waals surface area contributed by atoms with Crippen molar-refractivity contribution < 1.29 is 9.53 Å². The fourth-order valence-electron chi connectivity index (χ4n) is 1.65. The second-order valence-electron chi connectivity index (χ2n) is 3.73. The molecule has 1 rings (SSSR count). The van der Waals surface area contributed by atoms with Crippen molar-refractivity contribution >= 4 is 5.91 Å². The Hall–Kier alpha value is -0.650. The van der Waals surface area contributed by atoms with Crippen LogP contribution in [-0.2, 0) is 9.53 Å². The molecule has 0 unspecified atom stereocenters. The highest BCUT2D eigenvalue weighted by atomic mass is 16.5. The van der Waals surface area contributed by atoms with E-state index in [0.717, 1.165) is 45.7 Å². The number of hydrogen-bond donors (Lipinski definition) is 2. The molecule has 1 saturated heterocycles. The molecule has 1 aliphatic rings. The topological polar surface area (TPSA) is 53.6 Å². The van der Waals surface area contributed by atoms with Crippen LogP contribution in [0.4, 0.5) is 0 Å². The number of carbonyl (C=O) groups excluding carboxylic acids is 1. The third kappa shape index (κ3) is 5.71. The molecule has 0 spiro atoms. The summed E-state index contributed by atoms with van der Waals surface area (Å²) in [5.41, 5.74) is 0. The molecule has 0 aromatic heterocycles. The number of rotatable bonds is 6. The summed E-state index contributed by atoms with van der Waals surface area (Å²) in [6, 6.07) is 0. The van der Waals surface area contributed by atoms with Gasteiger partial charge in [0.2, 0.25) is 5.91 Å². The summed E-state index contributed by atoms with van der Waals surface area (Å²) < 4.78 is 4.72. The van der Waals surface area contributed by atoms with E-state index in [0.29, 0.717) is 0 Å². The Bertz CT molecular complexity index is 182. The van der Waals surface area contributed by atoms with Gasteiger partial charge in [0.1, 0.15) is 6.61 Å². The minimum Gasteiger partial charge on any atom is -0.375 e. The first kappa shape index (κ1) is 12.4. The van der Waals surface area contributed by atoms with Gasteiger partial charge in [0.05, 0.1) is 0 Å². The van der Waals surface area contributed by atoms with Crippen molar-refractivity contribution in [3.63, 3.8) is 0 Å². The van der Waals surface area contributed by atoms with Crippen LogP contribution in [0.25, 0.3) is 0 Å². The highest BCUT2D eigenvalue weighted by molar-refractivity contribution is 5.77. The predicted molar refractivity (Wildman–Crippen MR) is 58.8 cm³/mol. The van der Waals surface area contributed by atoms with Crippen LogP contribution in [0.2, 0.25) is 0 Å². The van der Waals surface area contributed by atoms with E-state index >= 15 is 0 Å². The number of amides is 1. The van der Waals surface area contributed by atoms with Gasteiger partial charge in [-0.05, 0) is 13.0 Å². The second-order valence-corrected chi connectivity index (χ2v) is 3.73. The van der Waals surface area contributed by atoms with Gasteiger partial charge in [-0.2, -0.15) is 0 Å². The van der Waals surface area contributed by atoms with E-state index in [-0.39, 0.29) is 12.5 Å². The van der Waals surface area contributed by atoms with Crippen molar-refractivity contribution in [2.75, 3.05) is 53.0 Å². The van der Waals surface area contributed by atoms with Gasteiger partial charge in [0.25, 0.3) is 0 Å². The highest BCUT2D eigenvalue weighted by Gasteiger charge is 2.08. The van der Waals surface area contributed by atoms with Gasteiger partial charge in [-0.3, -0.25) is 4.79 Å². The van der Waals surface area contributed by atoms with E-state index in [1.54, 1.807) is 0 Å². The van der Waals surface area contributed by atoms with Crippen LogP contribution < -0.4 is 10.6 Å². The standard InChI is InChI=1S/C10H21N3O2/c1-15-9-10(14)12-3-2-6-13-7-4-11-5-8-13/h11H,2-9H2,1H3,(H,12,14). The number of nitrogens with one attached hydrogen (secondary N) is 2. The first-order chi connectivity index (χ1) is 7.33. The van der Waals surface area contributed by atoms with Gasteiger partial charge in [0.15, 0.2) is 0 Å². The zero-order chi connectivity index (χ0) is 10.9. The lowest BCUT2D eigenvalue weighted by Crippen LogP contribution is -2.44. The summed E-state index contributed by atoms with van der Waals surface area (Å²) in [6.45, 7) is 6.36. The van der Waals surface area contributed by atoms with E-state index in [2.05, 4.69) is 15.5 Å². The first-order valence-corrected chi connectivity index (χ1v) is 5.51. The van der Waals surface area contributed by atoms with E-state index in [1.165, 1.54) is 7.11 Å². The monoisotopic (exact) mass is 215 g/mol. The van der Waals surface area contributed by atoms with Gasteiger partial charge in [-0.15, -0.1) is 0 Å². The van der Waals surface area contributed by atoms with Gasteiger partial charge in [-0.1, -0.05) is 0 Å².